The maximum atomic E-state index is 13.9. The SMILES string of the molecule is CC(C)(/C=C(/C#N)C(=O)N1CCC[C@@H](c2nc(-c3ccc(Oc4ccccc4)cc3)c3c(N)nccn23)C1)N1CCN2C(=O)OC[C@H]2C1. The molecule has 3 aliphatic rings. The van der Waals surface area contributed by atoms with E-state index in [0.29, 0.717) is 62.1 Å². The molecule has 3 aliphatic heterocycles. The molecule has 3 fully saturated rings. The number of aromatic nitrogens is 3. The number of para-hydroxylation sites is 1. The van der Waals surface area contributed by atoms with E-state index < -0.39 is 5.54 Å². The fraction of sp³-hybridized carbons (Fsp3) is 0.361. The number of imidazole rings is 1. The summed E-state index contributed by atoms with van der Waals surface area (Å²) in [4.78, 5) is 41.0. The van der Waals surface area contributed by atoms with Gasteiger partial charge in [0.2, 0.25) is 0 Å². The van der Waals surface area contributed by atoms with Crippen molar-refractivity contribution >= 4 is 23.3 Å². The van der Waals surface area contributed by atoms with Gasteiger partial charge in [0.15, 0.2) is 0 Å². The normalized spacial score (nSPS) is 20.4. The summed E-state index contributed by atoms with van der Waals surface area (Å²) >= 11 is 0. The van der Waals surface area contributed by atoms with E-state index in [0.717, 1.165) is 30.0 Å². The first kappa shape index (κ1) is 31.2. The number of nitrogens with two attached hydrogens (primary N) is 1. The number of piperidine rings is 1. The van der Waals surface area contributed by atoms with Crippen molar-refractivity contribution in [2.24, 2.45) is 0 Å². The summed E-state index contributed by atoms with van der Waals surface area (Å²) in [6.45, 7) is 7.13. The molecule has 0 aliphatic carbocycles. The van der Waals surface area contributed by atoms with Crippen LogP contribution in [0.15, 0.2) is 78.6 Å². The van der Waals surface area contributed by atoms with Gasteiger partial charge in [-0.3, -0.25) is 19.0 Å². The van der Waals surface area contributed by atoms with Gasteiger partial charge in [-0.1, -0.05) is 18.2 Å². The number of nitrogen functional groups attached to an aromatic ring is 1. The molecule has 2 N–H and O–H groups in total. The average Bonchev–Trinajstić information content (AvgIpc) is 3.69. The van der Waals surface area contributed by atoms with Crippen LogP contribution in [0.5, 0.6) is 11.5 Å². The first-order valence-electron chi connectivity index (χ1n) is 16.3. The van der Waals surface area contributed by atoms with Gasteiger partial charge < -0.3 is 20.1 Å². The fourth-order valence-corrected chi connectivity index (χ4v) is 7.02. The lowest BCUT2D eigenvalue weighted by atomic mass is 9.94. The van der Waals surface area contributed by atoms with Gasteiger partial charge in [0.05, 0.1) is 6.04 Å². The number of carbonyl (C=O) groups is 2. The molecule has 2 aromatic heterocycles. The monoisotopic (exact) mass is 646 g/mol. The van der Waals surface area contributed by atoms with Gasteiger partial charge in [-0.05, 0) is 69.2 Å². The highest BCUT2D eigenvalue weighted by Crippen LogP contribution is 2.35. The van der Waals surface area contributed by atoms with E-state index in [1.165, 1.54) is 0 Å². The smallest absolute Gasteiger partial charge is 0.410 e. The van der Waals surface area contributed by atoms with Crippen LogP contribution in [0.4, 0.5) is 10.6 Å². The van der Waals surface area contributed by atoms with Crippen molar-refractivity contribution in [2.75, 3.05) is 45.1 Å². The highest BCUT2D eigenvalue weighted by atomic mass is 16.6. The molecule has 12 heteroatoms. The van der Waals surface area contributed by atoms with Crippen LogP contribution in [-0.4, -0.2) is 92.0 Å². The van der Waals surface area contributed by atoms with Crippen LogP contribution >= 0.6 is 0 Å². The molecule has 0 radical (unpaired) electrons. The minimum absolute atomic E-state index is 0.0259. The summed E-state index contributed by atoms with van der Waals surface area (Å²) < 4.78 is 13.2. The lowest BCUT2D eigenvalue weighted by molar-refractivity contribution is -0.128. The molecule has 2 amide bonds. The summed E-state index contributed by atoms with van der Waals surface area (Å²) in [6.07, 6.45) is 6.61. The van der Waals surface area contributed by atoms with E-state index in [1.807, 2.05) is 79.0 Å². The number of hydrogen-bond acceptors (Lipinski definition) is 9. The number of amides is 2. The van der Waals surface area contributed by atoms with Crippen LogP contribution in [0, 0.1) is 11.3 Å². The second-order valence-electron chi connectivity index (χ2n) is 13.1. The standard InChI is InChI=1S/C36H38N8O4/c1-36(2,42-17-18-43-27(22-42)23-47-35(43)46)19-26(20-37)34(45)41-15-6-7-25(21-41)33-40-30(31-32(38)39-14-16-44(31)33)24-10-12-29(13-11-24)48-28-8-4-3-5-9-28/h3-5,8-14,16,19,25,27H,6-7,15,17-18,21-23H2,1-2H3,(H2,38,39)/b26-19-/t25-,27-/m1/s1. The van der Waals surface area contributed by atoms with E-state index in [9.17, 15) is 14.9 Å². The predicted molar refractivity (Wildman–Crippen MR) is 179 cm³/mol. The second kappa shape index (κ2) is 12.7. The molecule has 7 rings (SSSR count). The Balaban J connectivity index is 1.11. The number of carbonyl (C=O) groups excluding carboxylic acids is 2. The quantitative estimate of drug-likeness (QED) is 0.220. The first-order valence-corrected chi connectivity index (χ1v) is 16.3. The molecular weight excluding hydrogens is 608 g/mol. The molecule has 2 aromatic carbocycles. The van der Waals surface area contributed by atoms with Gasteiger partial charge in [0.25, 0.3) is 5.91 Å². The van der Waals surface area contributed by atoms with Crippen LogP contribution in [0.1, 0.15) is 38.4 Å². The van der Waals surface area contributed by atoms with Crippen molar-refractivity contribution < 1.29 is 19.1 Å². The van der Waals surface area contributed by atoms with Crippen molar-refractivity contribution in [2.45, 2.75) is 44.2 Å². The number of likely N-dealkylation sites (tertiary alicyclic amines) is 1. The third-order valence-electron chi connectivity index (χ3n) is 9.57. The third-order valence-corrected chi connectivity index (χ3v) is 9.57. The summed E-state index contributed by atoms with van der Waals surface area (Å²) in [5, 5.41) is 10.2. The summed E-state index contributed by atoms with van der Waals surface area (Å²) in [7, 11) is 0. The van der Waals surface area contributed by atoms with Crippen LogP contribution in [-0.2, 0) is 9.53 Å². The molecule has 48 heavy (non-hydrogen) atoms. The minimum atomic E-state index is -0.575. The van der Waals surface area contributed by atoms with Gasteiger partial charge in [-0.2, -0.15) is 5.26 Å². The van der Waals surface area contributed by atoms with Crippen LogP contribution < -0.4 is 10.5 Å². The molecule has 0 bridgehead atoms. The number of nitriles is 1. The van der Waals surface area contributed by atoms with E-state index in [4.69, 9.17) is 20.2 Å². The number of cyclic esters (lactones) is 1. The van der Waals surface area contributed by atoms with Crippen molar-refractivity contribution in [3.8, 4) is 28.8 Å². The zero-order chi connectivity index (χ0) is 33.4. The zero-order valence-corrected chi connectivity index (χ0v) is 27.1. The molecule has 12 nitrogen and oxygen atoms in total. The van der Waals surface area contributed by atoms with Crippen molar-refractivity contribution in [3.63, 3.8) is 0 Å². The molecule has 246 valence electrons. The molecule has 3 saturated heterocycles. The van der Waals surface area contributed by atoms with Crippen LogP contribution in [0.2, 0.25) is 0 Å². The van der Waals surface area contributed by atoms with Gasteiger partial charge in [0.1, 0.15) is 52.6 Å². The van der Waals surface area contributed by atoms with Crippen LogP contribution in [0.25, 0.3) is 16.8 Å². The molecule has 0 spiro atoms. The van der Waals surface area contributed by atoms with E-state index in [-0.39, 0.29) is 29.5 Å². The number of rotatable bonds is 7. The third kappa shape index (κ3) is 5.93. The molecule has 2 atom stereocenters. The summed E-state index contributed by atoms with van der Waals surface area (Å²) in [5.41, 5.74) is 8.25. The van der Waals surface area contributed by atoms with E-state index in [1.54, 1.807) is 22.1 Å². The number of piperazine rings is 1. The molecule has 0 unspecified atom stereocenters. The lowest BCUT2D eigenvalue weighted by Gasteiger charge is -2.43. The molecule has 5 heterocycles. The minimum Gasteiger partial charge on any atom is -0.457 e. The Kier molecular flexibility index (Phi) is 8.23. The Morgan fingerprint density at radius 1 is 1.08 bits per heavy atom. The number of fused-ring (bicyclic) bond motifs is 2. The first-order chi connectivity index (χ1) is 23.2. The van der Waals surface area contributed by atoms with Crippen molar-refractivity contribution in [1.82, 2.24) is 29.1 Å². The maximum Gasteiger partial charge on any atom is 0.410 e. The fourth-order valence-electron chi connectivity index (χ4n) is 7.02. The van der Waals surface area contributed by atoms with E-state index in [2.05, 4.69) is 16.0 Å². The Bertz CT molecular complexity index is 1910. The number of nitrogens with zero attached hydrogens (tertiary/aromatic N) is 7. The topological polar surface area (TPSA) is 142 Å². The molecule has 4 aromatic rings. The Hall–Kier alpha value is -5.41. The van der Waals surface area contributed by atoms with Crippen molar-refractivity contribution in [3.05, 3.63) is 84.5 Å². The Morgan fingerprint density at radius 3 is 2.62 bits per heavy atom. The van der Waals surface area contributed by atoms with Gasteiger partial charge in [-0.15, -0.1) is 0 Å². The van der Waals surface area contributed by atoms with E-state index >= 15 is 0 Å². The van der Waals surface area contributed by atoms with Crippen LogP contribution in [0.3, 0.4) is 0 Å². The number of hydrogen-bond donors (Lipinski definition) is 1. The molecular formula is C36H38N8O4. The maximum absolute atomic E-state index is 13.9. The number of benzene rings is 2. The largest absolute Gasteiger partial charge is 0.457 e. The van der Waals surface area contributed by atoms with Crippen molar-refractivity contribution in [1.29, 1.82) is 5.26 Å². The van der Waals surface area contributed by atoms with Gasteiger partial charge >= 0.3 is 6.09 Å². The predicted octanol–water partition coefficient (Wildman–Crippen LogP) is 4.84. The number of anilines is 1. The molecule has 0 saturated carbocycles. The number of ether oxygens (including phenoxy) is 2. The zero-order valence-electron chi connectivity index (χ0n) is 27.1. The average molecular weight is 647 g/mol. The van der Waals surface area contributed by atoms with Gasteiger partial charge in [-0.25, -0.2) is 14.8 Å². The summed E-state index contributed by atoms with van der Waals surface area (Å²) in [6, 6.07) is 19.5. The highest BCUT2D eigenvalue weighted by molar-refractivity contribution is 5.97. The summed E-state index contributed by atoms with van der Waals surface area (Å²) in [5.74, 6) is 2.26. The highest BCUT2D eigenvalue weighted by Gasteiger charge is 2.41. The Labute approximate surface area is 279 Å². The lowest BCUT2D eigenvalue weighted by Crippen LogP contribution is -2.58. The Morgan fingerprint density at radius 2 is 1.85 bits per heavy atom. The second-order valence-corrected chi connectivity index (χ2v) is 13.1. The van der Waals surface area contributed by atoms with Gasteiger partial charge in [0, 0.05) is 62.1 Å².